The van der Waals surface area contributed by atoms with Crippen molar-refractivity contribution in [1.29, 1.82) is 0 Å². The van der Waals surface area contributed by atoms with Crippen LogP contribution < -0.4 is 11.1 Å². The molecule has 106 valence electrons. The predicted octanol–water partition coefficient (Wildman–Crippen LogP) is 1.34. The van der Waals surface area contributed by atoms with Crippen molar-refractivity contribution in [2.24, 2.45) is 5.73 Å². The zero-order valence-electron chi connectivity index (χ0n) is 10.5. The largest absolute Gasteiger partial charge is 0.411 e. The molecule has 1 amide bonds. The van der Waals surface area contributed by atoms with Gasteiger partial charge in [0.2, 0.25) is 5.91 Å². The van der Waals surface area contributed by atoms with Gasteiger partial charge < -0.3 is 15.8 Å². The van der Waals surface area contributed by atoms with E-state index in [0.29, 0.717) is 12.8 Å². The molecule has 0 aromatic carbocycles. The molecule has 2 unspecified atom stereocenters. The van der Waals surface area contributed by atoms with Gasteiger partial charge in [-0.15, -0.1) is 0 Å². The Labute approximate surface area is 104 Å². The van der Waals surface area contributed by atoms with Gasteiger partial charge in [0.05, 0.1) is 6.10 Å². The lowest BCUT2D eigenvalue weighted by molar-refractivity contribution is -0.185. The molecular formula is C11H19F3N2O2. The Morgan fingerprint density at radius 2 is 2.17 bits per heavy atom. The highest BCUT2D eigenvalue weighted by Crippen LogP contribution is 2.33. The van der Waals surface area contributed by atoms with Crippen molar-refractivity contribution in [3.63, 3.8) is 0 Å². The van der Waals surface area contributed by atoms with E-state index in [2.05, 4.69) is 5.32 Å². The Morgan fingerprint density at radius 3 is 2.61 bits per heavy atom. The summed E-state index contributed by atoms with van der Waals surface area (Å²) in [6.07, 6.45) is -3.92. The van der Waals surface area contributed by atoms with Crippen LogP contribution in [0.4, 0.5) is 13.2 Å². The van der Waals surface area contributed by atoms with Gasteiger partial charge in [-0.25, -0.2) is 0 Å². The molecule has 0 aromatic rings. The summed E-state index contributed by atoms with van der Waals surface area (Å²) in [5.74, 6) is -0.533. The molecule has 0 saturated heterocycles. The van der Waals surface area contributed by atoms with Crippen LogP contribution in [0.15, 0.2) is 0 Å². The second-order valence-corrected chi connectivity index (χ2v) is 5.04. The third kappa shape index (κ3) is 4.13. The van der Waals surface area contributed by atoms with Gasteiger partial charge in [-0.3, -0.25) is 4.79 Å². The molecule has 2 atom stereocenters. The smallest absolute Gasteiger partial charge is 0.369 e. The molecule has 1 saturated carbocycles. The van der Waals surface area contributed by atoms with Gasteiger partial charge in [-0.1, -0.05) is 0 Å². The van der Waals surface area contributed by atoms with Gasteiger partial charge in [-0.2, -0.15) is 13.2 Å². The highest BCUT2D eigenvalue weighted by molar-refractivity contribution is 5.85. The van der Waals surface area contributed by atoms with Crippen LogP contribution in [0.2, 0.25) is 0 Å². The summed E-state index contributed by atoms with van der Waals surface area (Å²) in [5.41, 5.74) is 4.41. The fourth-order valence-corrected chi connectivity index (χ4v) is 2.33. The molecule has 1 fully saturated rings. The fourth-order valence-electron chi connectivity index (χ4n) is 2.33. The number of hydrogen-bond acceptors (Lipinski definition) is 3. The molecule has 4 nitrogen and oxygen atoms in total. The van der Waals surface area contributed by atoms with Gasteiger partial charge in [0, 0.05) is 12.5 Å². The Kier molecular flexibility index (Phi) is 4.61. The van der Waals surface area contributed by atoms with Gasteiger partial charge in [-0.05, 0) is 26.7 Å². The van der Waals surface area contributed by atoms with Crippen molar-refractivity contribution in [3.8, 4) is 0 Å². The molecular weight excluding hydrogens is 249 g/mol. The lowest BCUT2D eigenvalue weighted by Crippen LogP contribution is -2.56. The number of primary amides is 1. The lowest BCUT2D eigenvalue weighted by atomic mass is 9.95. The maximum absolute atomic E-state index is 12.0. The average molecular weight is 268 g/mol. The van der Waals surface area contributed by atoms with Gasteiger partial charge in [0.25, 0.3) is 0 Å². The van der Waals surface area contributed by atoms with Crippen LogP contribution in [0.25, 0.3) is 0 Å². The number of amides is 1. The number of carbonyl (C=O) groups is 1. The van der Waals surface area contributed by atoms with E-state index in [9.17, 15) is 18.0 Å². The Hall–Kier alpha value is -0.820. The van der Waals surface area contributed by atoms with Crippen LogP contribution in [0.5, 0.6) is 0 Å². The summed E-state index contributed by atoms with van der Waals surface area (Å²) >= 11 is 0. The van der Waals surface area contributed by atoms with Crippen molar-refractivity contribution in [2.45, 2.75) is 57.0 Å². The molecule has 0 spiro atoms. The van der Waals surface area contributed by atoms with Crippen LogP contribution >= 0.6 is 0 Å². The minimum atomic E-state index is -4.34. The zero-order valence-corrected chi connectivity index (χ0v) is 10.5. The molecule has 1 aliphatic carbocycles. The van der Waals surface area contributed by atoms with E-state index in [0.717, 1.165) is 0 Å². The molecule has 0 aromatic heterocycles. The van der Waals surface area contributed by atoms with E-state index in [1.165, 1.54) is 0 Å². The Morgan fingerprint density at radius 1 is 1.56 bits per heavy atom. The van der Waals surface area contributed by atoms with Crippen molar-refractivity contribution in [2.75, 3.05) is 6.61 Å². The second-order valence-electron chi connectivity index (χ2n) is 5.04. The number of nitrogens with two attached hydrogens (primary N) is 1. The molecule has 0 aliphatic heterocycles. The average Bonchev–Trinajstić information content (AvgIpc) is 2.58. The topological polar surface area (TPSA) is 64.3 Å². The zero-order chi connectivity index (χ0) is 14.0. The number of ether oxygens (including phenoxy) is 1. The van der Waals surface area contributed by atoms with E-state index in [4.69, 9.17) is 10.5 Å². The first-order valence-corrected chi connectivity index (χ1v) is 5.90. The molecule has 7 heteroatoms. The summed E-state index contributed by atoms with van der Waals surface area (Å²) in [5, 5.41) is 3.05. The molecule has 1 rings (SSSR count). The maximum atomic E-state index is 12.0. The van der Waals surface area contributed by atoms with E-state index in [1.54, 1.807) is 0 Å². The summed E-state index contributed by atoms with van der Waals surface area (Å²) in [6, 6.07) is 0.0267. The van der Waals surface area contributed by atoms with Gasteiger partial charge >= 0.3 is 6.18 Å². The second kappa shape index (κ2) is 5.44. The quantitative estimate of drug-likeness (QED) is 0.791. The Bertz CT molecular complexity index is 307. The summed E-state index contributed by atoms with van der Waals surface area (Å²) in [4.78, 5) is 11.5. The van der Waals surface area contributed by atoms with Crippen molar-refractivity contribution in [3.05, 3.63) is 0 Å². The van der Waals surface area contributed by atoms with Gasteiger partial charge in [0.1, 0.15) is 12.1 Å². The SMILES string of the molecule is CC(C)NC1(C(N)=O)CCC(OCC(F)(F)F)C1. The maximum Gasteiger partial charge on any atom is 0.411 e. The summed E-state index contributed by atoms with van der Waals surface area (Å²) in [7, 11) is 0. The molecule has 0 bridgehead atoms. The van der Waals surface area contributed by atoms with E-state index >= 15 is 0 Å². The van der Waals surface area contributed by atoms with Crippen LogP contribution in [-0.2, 0) is 9.53 Å². The molecule has 1 aliphatic rings. The highest BCUT2D eigenvalue weighted by atomic mass is 19.4. The molecule has 0 radical (unpaired) electrons. The van der Waals surface area contributed by atoms with Crippen molar-refractivity contribution >= 4 is 5.91 Å². The normalized spacial score (nSPS) is 28.9. The monoisotopic (exact) mass is 268 g/mol. The third-order valence-electron chi connectivity index (χ3n) is 2.99. The number of rotatable bonds is 5. The van der Waals surface area contributed by atoms with Crippen LogP contribution in [0.1, 0.15) is 33.1 Å². The first kappa shape index (κ1) is 15.2. The molecule has 0 heterocycles. The Balaban J connectivity index is 2.58. The van der Waals surface area contributed by atoms with Crippen LogP contribution in [0, 0.1) is 0 Å². The molecule has 3 N–H and O–H groups in total. The van der Waals surface area contributed by atoms with E-state index in [1.807, 2.05) is 13.8 Å². The first-order valence-electron chi connectivity index (χ1n) is 5.90. The minimum Gasteiger partial charge on any atom is -0.369 e. The fraction of sp³-hybridized carbons (Fsp3) is 0.909. The number of carbonyl (C=O) groups excluding carboxylic acids is 1. The van der Waals surface area contributed by atoms with Gasteiger partial charge in [0.15, 0.2) is 0 Å². The third-order valence-corrected chi connectivity index (χ3v) is 2.99. The predicted molar refractivity (Wildman–Crippen MR) is 59.8 cm³/mol. The number of halogens is 3. The lowest BCUT2D eigenvalue weighted by Gasteiger charge is -2.29. The highest BCUT2D eigenvalue weighted by Gasteiger charge is 2.45. The molecule has 18 heavy (non-hydrogen) atoms. The first-order chi connectivity index (χ1) is 8.15. The summed E-state index contributed by atoms with van der Waals surface area (Å²) < 4.78 is 40.9. The summed E-state index contributed by atoms with van der Waals surface area (Å²) in [6.45, 7) is 2.43. The minimum absolute atomic E-state index is 0.0267. The van der Waals surface area contributed by atoms with E-state index in [-0.39, 0.29) is 12.5 Å². The van der Waals surface area contributed by atoms with Crippen LogP contribution in [0.3, 0.4) is 0 Å². The van der Waals surface area contributed by atoms with Crippen molar-refractivity contribution < 1.29 is 22.7 Å². The van der Waals surface area contributed by atoms with Crippen molar-refractivity contribution in [1.82, 2.24) is 5.32 Å². The van der Waals surface area contributed by atoms with E-state index < -0.39 is 30.3 Å². The number of alkyl halides is 3. The number of hydrogen-bond donors (Lipinski definition) is 2. The number of nitrogens with one attached hydrogen (secondary N) is 1. The standard InChI is InChI=1S/C11H19F3N2O2/c1-7(2)16-10(9(15)17)4-3-8(5-10)18-6-11(12,13)14/h7-8,16H,3-6H2,1-2H3,(H2,15,17). The van der Waals surface area contributed by atoms with Crippen LogP contribution in [-0.4, -0.2) is 36.4 Å².